The van der Waals surface area contributed by atoms with E-state index in [-0.39, 0.29) is 23.5 Å². The van der Waals surface area contributed by atoms with Gasteiger partial charge in [0.25, 0.3) is 5.91 Å². The third kappa shape index (κ3) is 3.01. The van der Waals surface area contributed by atoms with E-state index in [1.807, 2.05) is 0 Å². The van der Waals surface area contributed by atoms with E-state index in [4.69, 9.17) is 5.73 Å². The number of carbonyl (C=O) groups excluding carboxylic acids is 2. The lowest BCUT2D eigenvalue weighted by Crippen LogP contribution is -2.21. The summed E-state index contributed by atoms with van der Waals surface area (Å²) >= 11 is 0. The number of nitrogens with one attached hydrogen (secondary N) is 1. The van der Waals surface area contributed by atoms with E-state index in [0.717, 1.165) is 0 Å². The molecule has 0 aliphatic heterocycles. The molecule has 0 aliphatic carbocycles. The average Bonchev–Trinajstić information content (AvgIpc) is 2.18. The van der Waals surface area contributed by atoms with Gasteiger partial charge in [0, 0.05) is 12.1 Å². The van der Waals surface area contributed by atoms with Crippen molar-refractivity contribution in [2.24, 2.45) is 11.7 Å². The van der Waals surface area contributed by atoms with Crippen LogP contribution in [-0.4, -0.2) is 21.8 Å². The molecule has 6 nitrogen and oxygen atoms in total. The number of rotatable bonds is 3. The van der Waals surface area contributed by atoms with Gasteiger partial charge in [-0.15, -0.1) is 0 Å². The molecule has 0 aromatic carbocycles. The molecule has 2 amide bonds. The minimum Gasteiger partial charge on any atom is -0.364 e. The Morgan fingerprint density at radius 2 is 2.13 bits per heavy atom. The highest BCUT2D eigenvalue weighted by molar-refractivity contribution is 5.93. The molecule has 0 saturated carbocycles. The molecule has 3 N–H and O–H groups in total. The van der Waals surface area contributed by atoms with Crippen LogP contribution in [-0.2, 0) is 4.79 Å². The van der Waals surface area contributed by atoms with Crippen molar-refractivity contribution < 1.29 is 9.59 Å². The molecule has 15 heavy (non-hydrogen) atoms. The second-order valence-electron chi connectivity index (χ2n) is 3.27. The monoisotopic (exact) mass is 208 g/mol. The van der Waals surface area contributed by atoms with Crippen molar-refractivity contribution in [2.45, 2.75) is 13.8 Å². The molecular formula is C9H12N4O2. The van der Waals surface area contributed by atoms with Crippen LogP contribution in [0, 0.1) is 5.92 Å². The number of nitrogens with two attached hydrogens (primary N) is 1. The second kappa shape index (κ2) is 4.50. The van der Waals surface area contributed by atoms with E-state index in [0.29, 0.717) is 0 Å². The van der Waals surface area contributed by atoms with Crippen molar-refractivity contribution in [2.75, 3.05) is 5.32 Å². The maximum Gasteiger partial charge on any atom is 0.267 e. The zero-order valence-electron chi connectivity index (χ0n) is 8.52. The Morgan fingerprint density at radius 3 is 2.67 bits per heavy atom. The van der Waals surface area contributed by atoms with Crippen LogP contribution in [0.5, 0.6) is 0 Å². The van der Waals surface area contributed by atoms with Crippen LogP contribution < -0.4 is 11.1 Å². The summed E-state index contributed by atoms with van der Waals surface area (Å²) in [5.74, 6) is -0.954. The van der Waals surface area contributed by atoms with Gasteiger partial charge < -0.3 is 5.73 Å². The highest BCUT2D eigenvalue weighted by Crippen LogP contribution is 2.02. The standard InChI is InChI=1S/C9H12N4O2/c1-5(2)8(15)13-9-11-4-3-6(12-9)7(10)14/h3-5H,1-2H3,(H2,10,14)(H,11,12,13,15). The third-order valence-electron chi connectivity index (χ3n) is 1.67. The number of amides is 2. The van der Waals surface area contributed by atoms with Crippen molar-refractivity contribution in [3.63, 3.8) is 0 Å². The Kier molecular flexibility index (Phi) is 3.33. The Balaban J connectivity index is 2.83. The molecule has 1 aromatic rings. The van der Waals surface area contributed by atoms with Gasteiger partial charge in [-0.3, -0.25) is 14.9 Å². The summed E-state index contributed by atoms with van der Waals surface area (Å²) in [6.45, 7) is 3.49. The molecule has 1 heterocycles. The Hall–Kier alpha value is -1.98. The quantitative estimate of drug-likeness (QED) is 0.739. The van der Waals surface area contributed by atoms with Crippen LogP contribution >= 0.6 is 0 Å². The van der Waals surface area contributed by atoms with Gasteiger partial charge in [-0.2, -0.15) is 0 Å². The fraction of sp³-hybridized carbons (Fsp3) is 0.333. The highest BCUT2D eigenvalue weighted by atomic mass is 16.2. The molecule has 0 radical (unpaired) electrons. The number of anilines is 1. The SMILES string of the molecule is CC(C)C(=O)Nc1nccc(C(N)=O)n1. The Bertz CT molecular complexity index is 389. The fourth-order valence-electron chi connectivity index (χ4n) is 0.811. The summed E-state index contributed by atoms with van der Waals surface area (Å²) in [4.78, 5) is 29.6. The maximum atomic E-state index is 11.3. The van der Waals surface area contributed by atoms with Gasteiger partial charge in [0.05, 0.1) is 0 Å². The molecule has 0 bridgehead atoms. The first-order valence-electron chi connectivity index (χ1n) is 4.44. The highest BCUT2D eigenvalue weighted by Gasteiger charge is 2.10. The molecule has 0 atom stereocenters. The molecule has 0 aliphatic rings. The van der Waals surface area contributed by atoms with Gasteiger partial charge in [0.2, 0.25) is 11.9 Å². The lowest BCUT2D eigenvalue weighted by atomic mass is 10.2. The van der Waals surface area contributed by atoms with E-state index >= 15 is 0 Å². The third-order valence-corrected chi connectivity index (χ3v) is 1.67. The van der Waals surface area contributed by atoms with Crippen LogP contribution in [0.1, 0.15) is 24.3 Å². The van der Waals surface area contributed by atoms with E-state index in [9.17, 15) is 9.59 Å². The first-order valence-corrected chi connectivity index (χ1v) is 4.44. The smallest absolute Gasteiger partial charge is 0.267 e. The molecule has 80 valence electrons. The predicted octanol–water partition coefficient (Wildman–Crippen LogP) is 0.170. The molecular weight excluding hydrogens is 196 g/mol. The number of primary amides is 1. The molecule has 0 unspecified atom stereocenters. The van der Waals surface area contributed by atoms with Crippen LogP contribution in [0.25, 0.3) is 0 Å². The summed E-state index contributed by atoms with van der Waals surface area (Å²) in [7, 11) is 0. The number of carbonyl (C=O) groups is 2. The van der Waals surface area contributed by atoms with Crippen molar-refractivity contribution >= 4 is 17.8 Å². The average molecular weight is 208 g/mol. The van der Waals surface area contributed by atoms with Crippen molar-refractivity contribution in [3.05, 3.63) is 18.0 Å². The summed E-state index contributed by atoms with van der Waals surface area (Å²) < 4.78 is 0. The van der Waals surface area contributed by atoms with Gasteiger partial charge in [-0.25, -0.2) is 9.97 Å². The lowest BCUT2D eigenvalue weighted by Gasteiger charge is -2.05. The fourth-order valence-corrected chi connectivity index (χ4v) is 0.811. The maximum absolute atomic E-state index is 11.3. The second-order valence-corrected chi connectivity index (χ2v) is 3.27. The van der Waals surface area contributed by atoms with Crippen LogP contribution in [0.15, 0.2) is 12.3 Å². The van der Waals surface area contributed by atoms with Gasteiger partial charge in [0.1, 0.15) is 5.69 Å². The van der Waals surface area contributed by atoms with Gasteiger partial charge >= 0.3 is 0 Å². The minimum absolute atomic E-state index is 0.0732. The van der Waals surface area contributed by atoms with Crippen molar-refractivity contribution in [1.29, 1.82) is 0 Å². The van der Waals surface area contributed by atoms with Crippen molar-refractivity contribution in [3.8, 4) is 0 Å². The summed E-state index contributed by atoms with van der Waals surface area (Å²) in [5.41, 5.74) is 5.10. The topological polar surface area (TPSA) is 98.0 Å². The van der Waals surface area contributed by atoms with Crippen LogP contribution in [0.2, 0.25) is 0 Å². The van der Waals surface area contributed by atoms with Gasteiger partial charge in [-0.1, -0.05) is 13.8 Å². The summed E-state index contributed by atoms with van der Waals surface area (Å²) in [5, 5.41) is 2.47. The zero-order chi connectivity index (χ0) is 11.4. The largest absolute Gasteiger partial charge is 0.364 e. The Morgan fingerprint density at radius 1 is 1.47 bits per heavy atom. The molecule has 1 aromatic heterocycles. The minimum atomic E-state index is -0.655. The van der Waals surface area contributed by atoms with E-state index in [1.165, 1.54) is 12.3 Å². The summed E-state index contributed by atoms with van der Waals surface area (Å²) in [6.07, 6.45) is 1.36. The number of nitrogens with zero attached hydrogens (tertiary/aromatic N) is 2. The van der Waals surface area contributed by atoms with Gasteiger partial charge in [-0.05, 0) is 6.07 Å². The first-order chi connectivity index (χ1) is 7.00. The van der Waals surface area contributed by atoms with E-state index in [1.54, 1.807) is 13.8 Å². The molecule has 1 rings (SSSR count). The van der Waals surface area contributed by atoms with Gasteiger partial charge in [0.15, 0.2) is 0 Å². The zero-order valence-corrected chi connectivity index (χ0v) is 8.52. The Labute approximate surface area is 86.9 Å². The number of aromatic nitrogens is 2. The van der Waals surface area contributed by atoms with Crippen LogP contribution in [0.3, 0.4) is 0 Å². The lowest BCUT2D eigenvalue weighted by molar-refractivity contribution is -0.118. The van der Waals surface area contributed by atoms with E-state index < -0.39 is 5.91 Å². The normalized spacial score (nSPS) is 10.1. The molecule has 0 spiro atoms. The number of hydrogen-bond donors (Lipinski definition) is 2. The summed E-state index contributed by atoms with van der Waals surface area (Å²) in [6, 6.07) is 1.38. The molecule has 0 saturated heterocycles. The molecule has 0 fully saturated rings. The molecule has 6 heteroatoms. The van der Waals surface area contributed by atoms with E-state index in [2.05, 4.69) is 15.3 Å². The van der Waals surface area contributed by atoms with Crippen LogP contribution in [0.4, 0.5) is 5.95 Å². The predicted molar refractivity (Wildman–Crippen MR) is 54.0 cm³/mol. The first kappa shape index (κ1) is 11.1. The van der Waals surface area contributed by atoms with Crippen molar-refractivity contribution in [1.82, 2.24) is 9.97 Å². The number of hydrogen-bond acceptors (Lipinski definition) is 4.